The number of hydrogen-bond donors (Lipinski definition) is 2. The predicted octanol–water partition coefficient (Wildman–Crippen LogP) is 0.112. The van der Waals surface area contributed by atoms with Crippen molar-refractivity contribution in [1.82, 2.24) is 4.90 Å². The average molecular weight is 244 g/mol. The van der Waals surface area contributed by atoms with Crippen LogP contribution in [0.15, 0.2) is 0 Å². The molecule has 1 rings (SSSR count). The quantitative estimate of drug-likeness (QED) is 0.736. The summed E-state index contributed by atoms with van der Waals surface area (Å²) in [6, 6.07) is 0. The van der Waals surface area contributed by atoms with Gasteiger partial charge in [-0.25, -0.2) is 0 Å². The fraction of sp³-hybridized carbons (Fsp3) is 0.917. The minimum absolute atomic E-state index is 0.0178. The number of hydrogen-bond acceptors (Lipinski definition) is 4. The van der Waals surface area contributed by atoms with E-state index < -0.39 is 0 Å². The molecule has 2 unspecified atom stereocenters. The highest BCUT2D eigenvalue weighted by Gasteiger charge is 2.28. The Bertz CT molecular complexity index is 263. The summed E-state index contributed by atoms with van der Waals surface area (Å²) in [7, 11) is 0. The first-order valence-electron chi connectivity index (χ1n) is 6.15. The molecule has 17 heavy (non-hydrogen) atoms. The first-order chi connectivity index (χ1) is 7.81. The van der Waals surface area contributed by atoms with E-state index in [4.69, 9.17) is 15.6 Å². The van der Waals surface area contributed by atoms with Crippen molar-refractivity contribution in [2.75, 3.05) is 19.7 Å². The van der Waals surface area contributed by atoms with Crippen LogP contribution in [-0.4, -0.2) is 53.4 Å². The van der Waals surface area contributed by atoms with E-state index in [0.29, 0.717) is 25.9 Å². The first kappa shape index (κ1) is 14.4. The Morgan fingerprint density at radius 1 is 1.53 bits per heavy atom. The first-order valence-corrected chi connectivity index (χ1v) is 6.15. The third kappa shape index (κ3) is 5.02. The van der Waals surface area contributed by atoms with Crippen LogP contribution < -0.4 is 5.73 Å². The van der Waals surface area contributed by atoms with Gasteiger partial charge in [-0.15, -0.1) is 0 Å². The molecule has 100 valence electrons. The Kier molecular flexibility index (Phi) is 4.91. The molecule has 1 aliphatic rings. The Labute approximate surface area is 103 Å². The largest absolute Gasteiger partial charge is 0.394 e. The van der Waals surface area contributed by atoms with Gasteiger partial charge in [-0.2, -0.15) is 0 Å². The van der Waals surface area contributed by atoms with Crippen molar-refractivity contribution >= 4 is 5.91 Å². The van der Waals surface area contributed by atoms with Crippen LogP contribution in [0.2, 0.25) is 0 Å². The molecule has 1 saturated heterocycles. The Hall–Kier alpha value is -0.650. The maximum Gasteiger partial charge on any atom is 0.222 e. The second-order valence-corrected chi connectivity index (χ2v) is 5.54. The van der Waals surface area contributed by atoms with E-state index in [9.17, 15) is 4.79 Å². The zero-order valence-corrected chi connectivity index (χ0v) is 11.0. The van der Waals surface area contributed by atoms with E-state index in [1.807, 2.05) is 20.8 Å². The van der Waals surface area contributed by atoms with Crippen LogP contribution in [0.3, 0.4) is 0 Å². The number of nitrogens with two attached hydrogens (primary N) is 1. The fourth-order valence-electron chi connectivity index (χ4n) is 1.94. The van der Waals surface area contributed by atoms with Gasteiger partial charge in [-0.1, -0.05) is 0 Å². The van der Waals surface area contributed by atoms with E-state index in [1.165, 1.54) is 0 Å². The zero-order chi connectivity index (χ0) is 13.1. The molecule has 1 fully saturated rings. The summed E-state index contributed by atoms with van der Waals surface area (Å²) in [6.45, 7) is 6.77. The van der Waals surface area contributed by atoms with Crippen LogP contribution in [0.25, 0.3) is 0 Å². The third-order valence-electron chi connectivity index (χ3n) is 2.87. The van der Waals surface area contributed by atoms with E-state index in [2.05, 4.69) is 0 Å². The summed E-state index contributed by atoms with van der Waals surface area (Å²) in [5.74, 6) is 0.0946. The van der Waals surface area contributed by atoms with Gasteiger partial charge in [0.2, 0.25) is 5.91 Å². The zero-order valence-electron chi connectivity index (χ0n) is 11.0. The average Bonchev–Trinajstić information content (AvgIpc) is 2.23. The topological polar surface area (TPSA) is 75.8 Å². The number of carbonyl (C=O) groups excluding carboxylic acids is 1. The molecule has 0 spiro atoms. The Balaban J connectivity index is 2.45. The van der Waals surface area contributed by atoms with Crippen molar-refractivity contribution in [1.29, 1.82) is 0 Å². The molecule has 0 aliphatic carbocycles. The van der Waals surface area contributed by atoms with Crippen LogP contribution >= 0.6 is 0 Å². The number of aliphatic hydroxyl groups is 1. The second kappa shape index (κ2) is 5.80. The molecule has 0 bridgehead atoms. The molecule has 0 radical (unpaired) electrons. The molecular formula is C12H24N2O3. The van der Waals surface area contributed by atoms with Gasteiger partial charge in [0, 0.05) is 25.0 Å². The van der Waals surface area contributed by atoms with Crippen LogP contribution in [-0.2, 0) is 9.53 Å². The van der Waals surface area contributed by atoms with Gasteiger partial charge in [-0.05, 0) is 27.2 Å². The minimum Gasteiger partial charge on any atom is -0.394 e. The Morgan fingerprint density at radius 2 is 2.18 bits per heavy atom. The summed E-state index contributed by atoms with van der Waals surface area (Å²) in [4.78, 5) is 13.7. The Morgan fingerprint density at radius 3 is 2.71 bits per heavy atom. The van der Waals surface area contributed by atoms with Crippen LogP contribution in [0.1, 0.15) is 33.6 Å². The van der Waals surface area contributed by atoms with Crippen molar-refractivity contribution in [2.24, 2.45) is 5.73 Å². The maximum absolute atomic E-state index is 12.0. The normalized spacial score (nSPS) is 26.1. The van der Waals surface area contributed by atoms with Crippen LogP contribution in [0, 0.1) is 0 Å². The number of morpholine rings is 1. The molecule has 5 heteroatoms. The summed E-state index contributed by atoms with van der Waals surface area (Å²) in [6.07, 6.45) is 0.847. The molecule has 0 aromatic carbocycles. The smallest absolute Gasteiger partial charge is 0.222 e. The predicted molar refractivity (Wildman–Crippen MR) is 65.5 cm³/mol. The minimum atomic E-state index is -0.316. The van der Waals surface area contributed by atoms with Crippen molar-refractivity contribution in [3.05, 3.63) is 0 Å². The lowest BCUT2D eigenvalue weighted by Gasteiger charge is -2.36. The molecule has 1 aliphatic heterocycles. The number of rotatable bonds is 4. The van der Waals surface area contributed by atoms with E-state index in [0.717, 1.165) is 0 Å². The van der Waals surface area contributed by atoms with Crippen LogP contribution in [0.5, 0.6) is 0 Å². The van der Waals surface area contributed by atoms with E-state index >= 15 is 0 Å². The number of carbonyl (C=O) groups is 1. The van der Waals surface area contributed by atoms with Gasteiger partial charge in [0.15, 0.2) is 0 Å². The van der Waals surface area contributed by atoms with Gasteiger partial charge >= 0.3 is 0 Å². The molecule has 0 saturated carbocycles. The lowest BCUT2D eigenvalue weighted by Crippen LogP contribution is -2.50. The second-order valence-electron chi connectivity index (χ2n) is 5.54. The summed E-state index contributed by atoms with van der Waals surface area (Å²) in [5.41, 5.74) is 5.54. The van der Waals surface area contributed by atoms with Crippen LogP contribution in [0.4, 0.5) is 0 Å². The number of nitrogens with zero attached hydrogens (tertiary/aromatic N) is 1. The lowest BCUT2D eigenvalue weighted by molar-refractivity contribution is -0.147. The highest BCUT2D eigenvalue weighted by molar-refractivity contribution is 5.76. The van der Waals surface area contributed by atoms with Gasteiger partial charge in [0.25, 0.3) is 0 Å². The van der Waals surface area contributed by atoms with Crippen molar-refractivity contribution in [3.8, 4) is 0 Å². The molecule has 1 heterocycles. The van der Waals surface area contributed by atoms with Gasteiger partial charge < -0.3 is 20.5 Å². The van der Waals surface area contributed by atoms with Gasteiger partial charge in [-0.3, -0.25) is 4.79 Å². The highest BCUT2D eigenvalue weighted by Crippen LogP contribution is 2.14. The number of ether oxygens (including phenoxy) is 1. The number of aliphatic hydroxyl groups excluding tert-OH is 1. The van der Waals surface area contributed by atoms with Crippen molar-refractivity contribution < 1.29 is 14.6 Å². The van der Waals surface area contributed by atoms with E-state index in [1.54, 1.807) is 4.90 Å². The standard InChI is InChI=1S/C12H24N2O3/c1-9-6-14(7-10(8-15)17-9)11(16)4-5-12(2,3)13/h9-10,15H,4-8,13H2,1-3H3. The number of amides is 1. The SMILES string of the molecule is CC1CN(C(=O)CCC(C)(C)N)CC(CO)O1. The molecule has 2 atom stereocenters. The lowest BCUT2D eigenvalue weighted by atomic mass is 9.99. The monoisotopic (exact) mass is 244 g/mol. The molecule has 5 nitrogen and oxygen atoms in total. The van der Waals surface area contributed by atoms with Crippen molar-refractivity contribution in [2.45, 2.75) is 51.4 Å². The van der Waals surface area contributed by atoms with E-state index in [-0.39, 0.29) is 30.3 Å². The third-order valence-corrected chi connectivity index (χ3v) is 2.87. The van der Waals surface area contributed by atoms with Gasteiger partial charge in [0.1, 0.15) is 0 Å². The highest BCUT2D eigenvalue weighted by atomic mass is 16.5. The summed E-state index contributed by atoms with van der Waals surface area (Å²) >= 11 is 0. The summed E-state index contributed by atoms with van der Waals surface area (Å²) < 4.78 is 5.49. The maximum atomic E-state index is 12.0. The molecular weight excluding hydrogens is 220 g/mol. The summed E-state index contributed by atoms with van der Waals surface area (Å²) in [5, 5.41) is 9.08. The molecule has 3 N–H and O–H groups in total. The fourth-order valence-corrected chi connectivity index (χ4v) is 1.94. The van der Waals surface area contributed by atoms with Crippen molar-refractivity contribution in [3.63, 3.8) is 0 Å². The van der Waals surface area contributed by atoms with Gasteiger partial charge in [0.05, 0.1) is 18.8 Å². The molecule has 0 aromatic heterocycles. The molecule has 1 amide bonds. The molecule has 0 aromatic rings.